The van der Waals surface area contributed by atoms with Crippen LogP contribution in [0.3, 0.4) is 0 Å². The van der Waals surface area contributed by atoms with Gasteiger partial charge in [-0.3, -0.25) is 0 Å². The van der Waals surface area contributed by atoms with Crippen LogP contribution in [0, 0.1) is 6.92 Å². The van der Waals surface area contributed by atoms with E-state index in [2.05, 4.69) is 24.6 Å². The number of benzene rings is 1. The molecule has 3 N–H and O–H groups in total. The van der Waals surface area contributed by atoms with E-state index in [9.17, 15) is 0 Å². The van der Waals surface area contributed by atoms with Crippen LogP contribution in [-0.4, -0.2) is 18.6 Å². The molecule has 3 heteroatoms. The number of thioether (sulfide) groups is 1. The van der Waals surface area contributed by atoms with Crippen LogP contribution in [0.1, 0.15) is 18.4 Å². The van der Waals surface area contributed by atoms with Gasteiger partial charge >= 0.3 is 0 Å². The third-order valence-electron chi connectivity index (χ3n) is 2.47. The molecule has 2 nitrogen and oxygen atoms in total. The first kappa shape index (κ1) is 12.2. The summed E-state index contributed by atoms with van der Waals surface area (Å²) in [5.74, 6) is 1.25. The van der Waals surface area contributed by atoms with Crippen molar-refractivity contribution >= 4 is 23.1 Å². The molecule has 0 amide bonds. The van der Waals surface area contributed by atoms with Crippen LogP contribution in [-0.2, 0) is 0 Å². The van der Waals surface area contributed by atoms with Crippen molar-refractivity contribution in [2.45, 2.75) is 19.8 Å². The van der Waals surface area contributed by atoms with Crippen LogP contribution in [0.2, 0.25) is 0 Å². The zero-order chi connectivity index (χ0) is 11.1. The first-order valence-corrected chi connectivity index (χ1v) is 6.73. The number of rotatable bonds is 6. The maximum atomic E-state index is 5.83. The minimum atomic E-state index is 0.865. The third kappa shape index (κ3) is 4.04. The Morgan fingerprint density at radius 2 is 2.13 bits per heavy atom. The number of hydrogen-bond donors (Lipinski definition) is 2. The fourth-order valence-corrected chi connectivity index (χ4v) is 1.93. The smallest absolute Gasteiger partial charge is 0.0390 e. The van der Waals surface area contributed by atoms with Gasteiger partial charge in [-0.25, -0.2) is 0 Å². The highest BCUT2D eigenvalue weighted by atomic mass is 32.2. The quantitative estimate of drug-likeness (QED) is 0.576. The highest BCUT2D eigenvalue weighted by Crippen LogP contribution is 2.20. The van der Waals surface area contributed by atoms with Crippen molar-refractivity contribution in [3.8, 4) is 0 Å². The molecule has 84 valence electrons. The Hall–Kier alpha value is -0.830. The van der Waals surface area contributed by atoms with Crippen LogP contribution in [0.15, 0.2) is 18.2 Å². The van der Waals surface area contributed by atoms with Gasteiger partial charge in [0.05, 0.1) is 0 Å². The number of nitrogens with two attached hydrogens (primary N) is 1. The maximum absolute atomic E-state index is 5.83. The van der Waals surface area contributed by atoms with Gasteiger partial charge < -0.3 is 11.1 Å². The number of unbranched alkanes of at least 4 members (excludes halogenated alkanes) is 1. The fourth-order valence-electron chi connectivity index (χ4n) is 1.44. The summed E-state index contributed by atoms with van der Waals surface area (Å²) in [6, 6.07) is 6.01. The van der Waals surface area contributed by atoms with Gasteiger partial charge in [-0.2, -0.15) is 11.8 Å². The second-order valence-electron chi connectivity index (χ2n) is 3.65. The maximum Gasteiger partial charge on any atom is 0.0390 e. The molecule has 0 fully saturated rings. The molecule has 0 atom stereocenters. The number of anilines is 2. The van der Waals surface area contributed by atoms with E-state index in [1.165, 1.54) is 24.3 Å². The molecule has 0 aliphatic carbocycles. The SMILES string of the molecule is CSCCCCNc1cccc(N)c1C. The van der Waals surface area contributed by atoms with Crippen LogP contribution < -0.4 is 11.1 Å². The Morgan fingerprint density at radius 3 is 2.87 bits per heavy atom. The Balaban J connectivity index is 2.34. The van der Waals surface area contributed by atoms with E-state index in [-0.39, 0.29) is 0 Å². The molecule has 0 spiro atoms. The Kier molecular flexibility index (Phi) is 5.40. The van der Waals surface area contributed by atoms with Gasteiger partial charge in [0, 0.05) is 17.9 Å². The van der Waals surface area contributed by atoms with Crippen LogP contribution in [0.5, 0.6) is 0 Å². The molecule has 0 bridgehead atoms. The van der Waals surface area contributed by atoms with E-state index < -0.39 is 0 Å². The van der Waals surface area contributed by atoms with E-state index in [4.69, 9.17) is 5.73 Å². The van der Waals surface area contributed by atoms with Crippen molar-refractivity contribution < 1.29 is 0 Å². The molecule has 0 saturated heterocycles. The predicted octanol–water partition coefficient (Wildman–Crippen LogP) is 3.13. The number of nitrogen functional groups attached to an aromatic ring is 1. The van der Waals surface area contributed by atoms with Gasteiger partial charge in [0.15, 0.2) is 0 Å². The van der Waals surface area contributed by atoms with Crippen LogP contribution in [0.25, 0.3) is 0 Å². The third-order valence-corrected chi connectivity index (χ3v) is 3.16. The highest BCUT2D eigenvalue weighted by molar-refractivity contribution is 7.98. The molecule has 0 aliphatic heterocycles. The van der Waals surface area contributed by atoms with E-state index in [1.54, 1.807) is 0 Å². The Labute approximate surface area is 96.6 Å². The molecule has 0 saturated carbocycles. The van der Waals surface area contributed by atoms with Crippen molar-refractivity contribution in [2.24, 2.45) is 0 Å². The van der Waals surface area contributed by atoms with Crippen LogP contribution in [0.4, 0.5) is 11.4 Å². The molecular weight excluding hydrogens is 204 g/mol. The largest absolute Gasteiger partial charge is 0.398 e. The molecule has 0 aromatic heterocycles. The zero-order valence-corrected chi connectivity index (χ0v) is 10.4. The first-order chi connectivity index (χ1) is 7.25. The average Bonchev–Trinajstić information content (AvgIpc) is 2.24. The minimum Gasteiger partial charge on any atom is -0.398 e. The lowest BCUT2D eigenvalue weighted by atomic mass is 10.1. The molecule has 1 rings (SSSR count). The second kappa shape index (κ2) is 6.62. The number of nitrogens with one attached hydrogen (secondary N) is 1. The van der Waals surface area contributed by atoms with Crippen molar-refractivity contribution in [3.63, 3.8) is 0 Å². The van der Waals surface area contributed by atoms with E-state index in [0.29, 0.717) is 0 Å². The summed E-state index contributed by atoms with van der Waals surface area (Å²) in [7, 11) is 0. The normalized spacial score (nSPS) is 10.3. The van der Waals surface area contributed by atoms with Crippen molar-refractivity contribution in [1.82, 2.24) is 0 Å². The molecular formula is C12H20N2S. The summed E-state index contributed by atoms with van der Waals surface area (Å²) >= 11 is 1.91. The van der Waals surface area contributed by atoms with Gasteiger partial charge in [0.25, 0.3) is 0 Å². The molecule has 0 aliphatic rings. The highest BCUT2D eigenvalue weighted by Gasteiger charge is 1.99. The molecule has 0 unspecified atom stereocenters. The summed E-state index contributed by atoms with van der Waals surface area (Å²) in [4.78, 5) is 0. The molecule has 15 heavy (non-hydrogen) atoms. The van der Waals surface area contributed by atoms with E-state index >= 15 is 0 Å². The van der Waals surface area contributed by atoms with Gasteiger partial charge in [0.2, 0.25) is 0 Å². The van der Waals surface area contributed by atoms with Gasteiger partial charge in [-0.15, -0.1) is 0 Å². The summed E-state index contributed by atoms with van der Waals surface area (Å²) in [6.45, 7) is 3.09. The van der Waals surface area contributed by atoms with E-state index in [0.717, 1.165) is 17.8 Å². The standard InChI is InChI=1S/C12H20N2S/c1-10-11(13)6-5-7-12(10)14-8-3-4-9-15-2/h5-7,14H,3-4,8-9,13H2,1-2H3. The molecule has 1 aromatic carbocycles. The summed E-state index contributed by atoms with van der Waals surface area (Å²) < 4.78 is 0. The van der Waals surface area contributed by atoms with Crippen LogP contribution >= 0.6 is 11.8 Å². The van der Waals surface area contributed by atoms with Gasteiger partial charge in [-0.05, 0) is 49.5 Å². The average molecular weight is 224 g/mol. The minimum absolute atomic E-state index is 0.865. The first-order valence-electron chi connectivity index (χ1n) is 5.33. The zero-order valence-electron chi connectivity index (χ0n) is 9.55. The lowest BCUT2D eigenvalue weighted by Crippen LogP contribution is -2.04. The summed E-state index contributed by atoms with van der Waals surface area (Å²) in [5, 5.41) is 3.42. The lowest BCUT2D eigenvalue weighted by Gasteiger charge is -2.10. The predicted molar refractivity (Wildman–Crippen MR) is 71.7 cm³/mol. The number of hydrogen-bond acceptors (Lipinski definition) is 3. The van der Waals surface area contributed by atoms with Gasteiger partial charge in [-0.1, -0.05) is 6.07 Å². The Morgan fingerprint density at radius 1 is 1.33 bits per heavy atom. The summed E-state index contributed by atoms with van der Waals surface area (Å²) in [5.41, 5.74) is 9.02. The monoisotopic (exact) mass is 224 g/mol. The topological polar surface area (TPSA) is 38.0 Å². The molecule has 0 radical (unpaired) electrons. The van der Waals surface area contributed by atoms with Crippen molar-refractivity contribution in [3.05, 3.63) is 23.8 Å². The molecule has 0 heterocycles. The second-order valence-corrected chi connectivity index (χ2v) is 4.63. The molecule has 1 aromatic rings. The van der Waals surface area contributed by atoms with Gasteiger partial charge in [0.1, 0.15) is 0 Å². The fraction of sp³-hybridized carbons (Fsp3) is 0.500. The summed E-state index contributed by atoms with van der Waals surface area (Å²) in [6.07, 6.45) is 4.64. The van der Waals surface area contributed by atoms with E-state index in [1.807, 2.05) is 23.9 Å². The lowest BCUT2D eigenvalue weighted by molar-refractivity contribution is 0.843. The van der Waals surface area contributed by atoms with Crippen molar-refractivity contribution in [2.75, 3.05) is 29.6 Å². The van der Waals surface area contributed by atoms with Crippen molar-refractivity contribution in [1.29, 1.82) is 0 Å². The Bertz CT molecular complexity index is 300.